The van der Waals surface area contributed by atoms with Gasteiger partial charge in [-0.1, -0.05) is 30.3 Å². The number of fused-ring (bicyclic) bond motifs is 2. The van der Waals surface area contributed by atoms with Gasteiger partial charge in [0.1, 0.15) is 12.4 Å². The molecule has 0 spiro atoms. The maximum absolute atomic E-state index is 5.91. The molecule has 0 saturated carbocycles. The molecule has 22 heavy (non-hydrogen) atoms. The van der Waals surface area contributed by atoms with Gasteiger partial charge in [0.15, 0.2) is 0 Å². The number of aryl methyl sites for hydroxylation is 1. The first kappa shape index (κ1) is 13.0. The Bertz CT molecular complexity index is 952. The third-order valence-electron chi connectivity index (χ3n) is 3.97. The summed E-state index contributed by atoms with van der Waals surface area (Å²) in [7, 11) is 2.02. The predicted octanol–water partition coefficient (Wildman–Crippen LogP) is 4.91. The Hall–Kier alpha value is -2.74. The van der Waals surface area contributed by atoms with Crippen LogP contribution in [0.2, 0.25) is 0 Å². The van der Waals surface area contributed by atoms with Gasteiger partial charge in [-0.15, -0.1) is 0 Å². The number of ether oxygens (including phenoxy) is 1. The first-order valence-electron chi connectivity index (χ1n) is 7.44. The summed E-state index contributed by atoms with van der Waals surface area (Å²) in [6.07, 6.45) is 4.11. The van der Waals surface area contributed by atoms with E-state index < -0.39 is 0 Å². The fourth-order valence-corrected chi connectivity index (χ4v) is 2.82. The topological polar surface area (TPSA) is 14.2 Å². The van der Waals surface area contributed by atoms with Crippen LogP contribution in [0.3, 0.4) is 0 Å². The summed E-state index contributed by atoms with van der Waals surface area (Å²) in [5, 5.41) is 4.98. The van der Waals surface area contributed by atoms with Crippen molar-refractivity contribution in [1.82, 2.24) is 4.57 Å². The Morgan fingerprint density at radius 2 is 1.55 bits per heavy atom. The van der Waals surface area contributed by atoms with Gasteiger partial charge >= 0.3 is 0 Å². The second kappa shape index (κ2) is 5.23. The Balaban J connectivity index is 1.66. The smallest absolute Gasteiger partial charge is 0.120 e. The molecule has 0 N–H and O–H groups in total. The van der Waals surface area contributed by atoms with Crippen LogP contribution in [0.1, 0.15) is 5.56 Å². The zero-order chi connectivity index (χ0) is 14.9. The number of rotatable bonds is 3. The minimum atomic E-state index is 0.597. The molecular formula is C20H17NO. The molecule has 0 aliphatic rings. The normalized spacial score (nSPS) is 11.1. The number of nitrogens with zero attached hydrogens (tertiary/aromatic N) is 1. The van der Waals surface area contributed by atoms with Crippen molar-refractivity contribution in [2.45, 2.75) is 6.61 Å². The highest BCUT2D eigenvalue weighted by atomic mass is 16.5. The molecule has 0 radical (unpaired) electrons. The van der Waals surface area contributed by atoms with Crippen LogP contribution >= 0.6 is 0 Å². The van der Waals surface area contributed by atoms with E-state index in [1.54, 1.807) is 0 Å². The molecule has 0 unspecified atom stereocenters. The molecule has 108 valence electrons. The Morgan fingerprint density at radius 3 is 2.27 bits per heavy atom. The van der Waals surface area contributed by atoms with Crippen LogP contribution in [0.25, 0.3) is 21.5 Å². The number of hydrogen-bond acceptors (Lipinski definition) is 1. The fraction of sp³-hybridized carbons (Fsp3) is 0.100. The maximum Gasteiger partial charge on any atom is 0.120 e. The Labute approximate surface area is 129 Å². The van der Waals surface area contributed by atoms with E-state index in [-0.39, 0.29) is 0 Å². The summed E-state index contributed by atoms with van der Waals surface area (Å²) in [4.78, 5) is 0. The zero-order valence-corrected chi connectivity index (χ0v) is 12.5. The quantitative estimate of drug-likeness (QED) is 0.488. The lowest BCUT2D eigenvalue weighted by atomic mass is 10.0. The lowest BCUT2D eigenvalue weighted by Gasteiger charge is -2.07. The number of benzene rings is 3. The molecule has 2 heteroatoms. The minimum absolute atomic E-state index is 0.597. The molecule has 0 aliphatic heterocycles. The van der Waals surface area contributed by atoms with E-state index in [1.807, 2.05) is 23.9 Å². The van der Waals surface area contributed by atoms with Gasteiger partial charge in [-0.2, -0.15) is 0 Å². The van der Waals surface area contributed by atoms with Crippen molar-refractivity contribution in [3.8, 4) is 5.75 Å². The van der Waals surface area contributed by atoms with E-state index >= 15 is 0 Å². The van der Waals surface area contributed by atoms with Gasteiger partial charge in [0, 0.05) is 25.0 Å². The monoisotopic (exact) mass is 287 g/mol. The van der Waals surface area contributed by atoms with E-state index in [2.05, 4.69) is 60.8 Å². The third kappa shape index (κ3) is 2.44. The number of hydrogen-bond donors (Lipinski definition) is 0. The van der Waals surface area contributed by atoms with Gasteiger partial charge in [0.05, 0.1) is 0 Å². The fourth-order valence-electron chi connectivity index (χ4n) is 2.82. The van der Waals surface area contributed by atoms with E-state index in [1.165, 1.54) is 27.1 Å². The van der Waals surface area contributed by atoms with E-state index in [0.717, 1.165) is 5.75 Å². The highest BCUT2D eigenvalue weighted by Gasteiger charge is 2.01. The molecule has 0 atom stereocenters. The molecular weight excluding hydrogens is 270 g/mol. The van der Waals surface area contributed by atoms with Gasteiger partial charge in [-0.3, -0.25) is 0 Å². The van der Waals surface area contributed by atoms with Crippen molar-refractivity contribution in [2.24, 2.45) is 7.05 Å². The molecule has 3 aromatic carbocycles. The van der Waals surface area contributed by atoms with Crippen LogP contribution in [0.4, 0.5) is 0 Å². The molecule has 0 amide bonds. The van der Waals surface area contributed by atoms with Gasteiger partial charge in [0.2, 0.25) is 0 Å². The summed E-state index contributed by atoms with van der Waals surface area (Å²) in [6, 6.07) is 21.3. The highest BCUT2D eigenvalue weighted by molar-refractivity contribution is 5.98. The molecule has 2 nitrogen and oxygen atoms in total. The average Bonchev–Trinajstić information content (AvgIpc) is 2.96. The second-order valence-corrected chi connectivity index (χ2v) is 5.68. The highest BCUT2D eigenvalue weighted by Crippen LogP contribution is 2.26. The largest absolute Gasteiger partial charge is 0.489 e. The Kier molecular flexibility index (Phi) is 3.08. The van der Waals surface area contributed by atoms with Crippen LogP contribution in [-0.2, 0) is 13.7 Å². The molecule has 4 rings (SSSR count). The first-order chi connectivity index (χ1) is 10.8. The third-order valence-corrected chi connectivity index (χ3v) is 3.97. The van der Waals surface area contributed by atoms with Crippen molar-refractivity contribution < 1.29 is 4.74 Å². The van der Waals surface area contributed by atoms with Gasteiger partial charge in [-0.25, -0.2) is 0 Å². The van der Waals surface area contributed by atoms with Gasteiger partial charge < -0.3 is 9.30 Å². The molecule has 0 bridgehead atoms. The SMILES string of the molecule is Cn1ccc(COc2ccc3cc4ccccc4cc3c2)c1. The van der Waals surface area contributed by atoms with Crippen molar-refractivity contribution in [3.63, 3.8) is 0 Å². The van der Waals surface area contributed by atoms with Crippen LogP contribution in [0, 0.1) is 0 Å². The summed E-state index contributed by atoms with van der Waals surface area (Å²) in [5.41, 5.74) is 1.18. The minimum Gasteiger partial charge on any atom is -0.489 e. The van der Waals surface area contributed by atoms with Crippen LogP contribution < -0.4 is 4.74 Å². The lowest BCUT2D eigenvalue weighted by Crippen LogP contribution is -1.94. The maximum atomic E-state index is 5.91. The standard InChI is InChI=1S/C20H17NO/c1-21-9-8-15(13-21)14-22-20-7-6-18-10-16-4-2-3-5-17(16)11-19(18)12-20/h2-13H,14H2,1H3. The van der Waals surface area contributed by atoms with Gasteiger partial charge in [-0.05, 0) is 51.9 Å². The Morgan fingerprint density at radius 1 is 0.818 bits per heavy atom. The van der Waals surface area contributed by atoms with E-state index in [4.69, 9.17) is 4.74 Å². The number of aromatic nitrogens is 1. The van der Waals surface area contributed by atoms with Crippen molar-refractivity contribution >= 4 is 21.5 Å². The molecule has 1 aromatic heterocycles. The molecule has 4 aromatic rings. The molecule has 0 saturated heterocycles. The second-order valence-electron chi connectivity index (χ2n) is 5.68. The van der Waals surface area contributed by atoms with E-state index in [9.17, 15) is 0 Å². The van der Waals surface area contributed by atoms with Crippen molar-refractivity contribution in [1.29, 1.82) is 0 Å². The van der Waals surface area contributed by atoms with Crippen LogP contribution in [0.15, 0.2) is 73.1 Å². The van der Waals surface area contributed by atoms with Crippen LogP contribution in [0.5, 0.6) is 5.75 Å². The summed E-state index contributed by atoms with van der Waals surface area (Å²) in [5.74, 6) is 0.909. The summed E-state index contributed by atoms with van der Waals surface area (Å²) < 4.78 is 7.95. The zero-order valence-electron chi connectivity index (χ0n) is 12.5. The van der Waals surface area contributed by atoms with Crippen molar-refractivity contribution in [2.75, 3.05) is 0 Å². The van der Waals surface area contributed by atoms with Crippen molar-refractivity contribution in [3.05, 3.63) is 78.6 Å². The van der Waals surface area contributed by atoms with Crippen LogP contribution in [-0.4, -0.2) is 4.57 Å². The summed E-state index contributed by atoms with van der Waals surface area (Å²) in [6.45, 7) is 0.597. The molecule has 0 fully saturated rings. The molecule has 1 heterocycles. The van der Waals surface area contributed by atoms with Gasteiger partial charge in [0.25, 0.3) is 0 Å². The molecule has 0 aliphatic carbocycles. The average molecular weight is 287 g/mol. The van der Waals surface area contributed by atoms with E-state index in [0.29, 0.717) is 6.61 Å². The lowest BCUT2D eigenvalue weighted by molar-refractivity contribution is 0.306. The summed E-state index contributed by atoms with van der Waals surface area (Å²) >= 11 is 0. The predicted molar refractivity (Wildman–Crippen MR) is 91.2 cm³/mol. The first-order valence-corrected chi connectivity index (χ1v) is 7.44.